The maximum absolute atomic E-state index is 13.0. The third-order valence-electron chi connectivity index (χ3n) is 2.62. The van der Waals surface area contributed by atoms with Gasteiger partial charge in [0.25, 0.3) is 5.91 Å². The van der Waals surface area contributed by atoms with Crippen LogP contribution in [0.1, 0.15) is 16.1 Å². The highest BCUT2D eigenvalue weighted by Crippen LogP contribution is 2.15. The number of nitriles is 1. The first-order valence-electron chi connectivity index (χ1n) is 5.52. The fourth-order valence-electron chi connectivity index (χ4n) is 1.58. The van der Waals surface area contributed by atoms with Gasteiger partial charge >= 0.3 is 0 Å². The molecule has 19 heavy (non-hydrogen) atoms. The fraction of sp³-hybridized carbons (Fsp3) is 0.0714. The number of aromatic nitrogens is 1. The van der Waals surface area contributed by atoms with Crippen LogP contribution in [0.4, 0.5) is 10.1 Å². The van der Waals surface area contributed by atoms with Gasteiger partial charge in [0.05, 0.1) is 11.6 Å². The molecule has 94 valence electrons. The first-order valence-corrected chi connectivity index (χ1v) is 5.52. The van der Waals surface area contributed by atoms with Gasteiger partial charge in [0.15, 0.2) is 0 Å². The predicted molar refractivity (Wildman–Crippen MR) is 68.1 cm³/mol. The van der Waals surface area contributed by atoms with E-state index in [0.29, 0.717) is 11.3 Å². The zero-order valence-electron chi connectivity index (χ0n) is 10.2. The summed E-state index contributed by atoms with van der Waals surface area (Å²) in [7, 11) is 1.57. The summed E-state index contributed by atoms with van der Waals surface area (Å²) in [6.45, 7) is 0. The number of rotatable bonds is 2. The Labute approximate surface area is 109 Å². The quantitative estimate of drug-likeness (QED) is 0.774. The number of benzene rings is 1. The van der Waals surface area contributed by atoms with Crippen molar-refractivity contribution in [2.45, 2.75) is 0 Å². The van der Waals surface area contributed by atoms with E-state index in [1.54, 1.807) is 31.3 Å². The summed E-state index contributed by atoms with van der Waals surface area (Å²) in [5.74, 6) is -1.11. The average Bonchev–Trinajstić information content (AvgIpc) is 2.46. The molecule has 2 aromatic rings. The Morgan fingerprint density at radius 2 is 1.95 bits per heavy atom. The largest absolute Gasteiger partial charge is 0.310 e. The van der Waals surface area contributed by atoms with E-state index in [9.17, 15) is 9.18 Å². The molecule has 1 amide bonds. The number of anilines is 1. The summed E-state index contributed by atoms with van der Waals surface area (Å²) in [6, 6.07) is 12.6. The van der Waals surface area contributed by atoms with Gasteiger partial charge in [-0.05, 0) is 36.4 Å². The van der Waals surface area contributed by atoms with Crippen molar-refractivity contribution in [3.05, 3.63) is 59.7 Å². The number of carbonyl (C=O) groups excluding carboxylic acids is 1. The summed E-state index contributed by atoms with van der Waals surface area (Å²) < 4.78 is 13.0. The van der Waals surface area contributed by atoms with Crippen molar-refractivity contribution in [3.8, 4) is 6.07 Å². The predicted octanol–water partition coefficient (Wildman–Crippen LogP) is 2.37. The van der Waals surface area contributed by atoms with Gasteiger partial charge in [0.1, 0.15) is 5.69 Å². The van der Waals surface area contributed by atoms with E-state index in [2.05, 4.69) is 4.98 Å². The number of pyridine rings is 1. The number of halogens is 1. The minimum absolute atomic E-state index is 0.0341. The van der Waals surface area contributed by atoms with Crippen molar-refractivity contribution >= 4 is 11.6 Å². The van der Waals surface area contributed by atoms with E-state index < -0.39 is 11.9 Å². The fourth-order valence-corrected chi connectivity index (χ4v) is 1.58. The second-order valence-electron chi connectivity index (χ2n) is 3.87. The van der Waals surface area contributed by atoms with Crippen LogP contribution in [0.15, 0.2) is 42.5 Å². The van der Waals surface area contributed by atoms with Crippen LogP contribution in [-0.4, -0.2) is 17.9 Å². The van der Waals surface area contributed by atoms with Crippen molar-refractivity contribution in [1.29, 1.82) is 5.26 Å². The monoisotopic (exact) mass is 255 g/mol. The van der Waals surface area contributed by atoms with Crippen LogP contribution in [0, 0.1) is 17.3 Å². The Bertz CT molecular complexity index is 646. The van der Waals surface area contributed by atoms with Crippen molar-refractivity contribution < 1.29 is 9.18 Å². The lowest BCUT2D eigenvalue weighted by molar-refractivity contribution is 0.0987. The highest BCUT2D eigenvalue weighted by Gasteiger charge is 2.15. The SMILES string of the molecule is CN(C(=O)c1cccc(F)n1)c1ccc(C#N)cc1. The summed E-state index contributed by atoms with van der Waals surface area (Å²) in [4.78, 5) is 17.0. The lowest BCUT2D eigenvalue weighted by Crippen LogP contribution is -2.27. The van der Waals surface area contributed by atoms with Gasteiger partial charge < -0.3 is 4.90 Å². The molecule has 0 unspecified atom stereocenters. The van der Waals surface area contributed by atoms with Crippen LogP contribution in [0.3, 0.4) is 0 Å². The molecule has 1 aromatic heterocycles. The molecule has 1 heterocycles. The molecule has 0 saturated heterocycles. The molecule has 0 N–H and O–H groups in total. The maximum atomic E-state index is 13.0. The van der Waals surface area contributed by atoms with E-state index in [0.717, 1.165) is 0 Å². The van der Waals surface area contributed by atoms with Gasteiger partial charge in [-0.1, -0.05) is 6.07 Å². The van der Waals surface area contributed by atoms with Crippen LogP contribution >= 0.6 is 0 Å². The summed E-state index contributed by atoms with van der Waals surface area (Å²) in [5.41, 5.74) is 1.15. The van der Waals surface area contributed by atoms with E-state index >= 15 is 0 Å². The molecule has 0 bridgehead atoms. The van der Waals surface area contributed by atoms with Gasteiger partial charge in [0, 0.05) is 12.7 Å². The van der Waals surface area contributed by atoms with Crippen molar-refractivity contribution in [1.82, 2.24) is 4.98 Å². The molecule has 0 aliphatic carbocycles. The Kier molecular flexibility index (Phi) is 3.53. The summed E-state index contributed by atoms with van der Waals surface area (Å²) in [6.07, 6.45) is 0. The summed E-state index contributed by atoms with van der Waals surface area (Å²) >= 11 is 0. The van der Waals surface area contributed by atoms with E-state index in [1.165, 1.54) is 23.1 Å². The minimum Gasteiger partial charge on any atom is -0.310 e. The van der Waals surface area contributed by atoms with E-state index in [1.807, 2.05) is 6.07 Å². The molecular formula is C14H10FN3O. The van der Waals surface area contributed by atoms with Gasteiger partial charge in [0.2, 0.25) is 5.95 Å². The van der Waals surface area contributed by atoms with Gasteiger partial charge in [-0.3, -0.25) is 4.79 Å². The zero-order chi connectivity index (χ0) is 13.8. The van der Waals surface area contributed by atoms with Crippen LogP contribution in [0.2, 0.25) is 0 Å². The van der Waals surface area contributed by atoms with Crippen LogP contribution in [0.25, 0.3) is 0 Å². The highest BCUT2D eigenvalue weighted by molar-refractivity contribution is 6.04. The number of amides is 1. The molecule has 0 aliphatic rings. The van der Waals surface area contributed by atoms with Crippen molar-refractivity contribution in [2.75, 3.05) is 11.9 Å². The van der Waals surface area contributed by atoms with Crippen LogP contribution < -0.4 is 4.90 Å². The molecule has 4 nitrogen and oxygen atoms in total. The minimum atomic E-state index is -0.695. The molecule has 0 fully saturated rings. The normalized spacial score (nSPS) is 9.74. The number of hydrogen-bond acceptors (Lipinski definition) is 3. The molecule has 0 spiro atoms. The van der Waals surface area contributed by atoms with E-state index in [-0.39, 0.29) is 5.69 Å². The maximum Gasteiger partial charge on any atom is 0.276 e. The first kappa shape index (κ1) is 12.7. The Hall–Kier alpha value is -2.74. The van der Waals surface area contributed by atoms with Crippen LogP contribution in [0.5, 0.6) is 0 Å². The lowest BCUT2D eigenvalue weighted by atomic mass is 10.2. The molecule has 2 rings (SSSR count). The average molecular weight is 255 g/mol. The molecule has 0 radical (unpaired) electrons. The van der Waals surface area contributed by atoms with Gasteiger partial charge in [-0.15, -0.1) is 0 Å². The topological polar surface area (TPSA) is 57.0 Å². The zero-order valence-corrected chi connectivity index (χ0v) is 10.2. The lowest BCUT2D eigenvalue weighted by Gasteiger charge is -2.16. The highest BCUT2D eigenvalue weighted by atomic mass is 19.1. The second-order valence-corrected chi connectivity index (χ2v) is 3.87. The standard InChI is InChI=1S/C14H10FN3O/c1-18(11-7-5-10(9-16)6-8-11)14(19)12-3-2-4-13(15)17-12/h2-8H,1H3. The molecule has 5 heteroatoms. The molecule has 0 aliphatic heterocycles. The van der Waals surface area contributed by atoms with Gasteiger partial charge in [-0.2, -0.15) is 9.65 Å². The molecule has 1 aromatic carbocycles. The molecule has 0 saturated carbocycles. The number of carbonyl (C=O) groups is 1. The number of nitrogens with zero attached hydrogens (tertiary/aromatic N) is 3. The first-order chi connectivity index (χ1) is 9.11. The van der Waals surface area contributed by atoms with Crippen LogP contribution in [-0.2, 0) is 0 Å². The second kappa shape index (κ2) is 5.27. The Balaban J connectivity index is 2.26. The third kappa shape index (κ3) is 2.75. The smallest absolute Gasteiger partial charge is 0.276 e. The van der Waals surface area contributed by atoms with E-state index in [4.69, 9.17) is 5.26 Å². The Morgan fingerprint density at radius 3 is 2.53 bits per heavy atom. The molecule has 0 atom stereocenters. The molecular weight excluding hydrogens is 245 g/mol. The van der Waals surface area contributed by atoms with Crippen molar-refractivity contribution in [3.63, 3.8) is 0 Å². The third-order valence-corrected chi connectivity index (χ3v) is 2.62. The van der Waals surface area contributed by atoms with Crippen molar-refractivity contribution in [2.24, 2.45) is 0 Å². The number of hydrogen-bond donors (Lipinski definition) is 0. The van der Waals surface area contributed by atoms with Gasteiger partial charge in [-0.25, -0.2) is 4.98 Å². The Morgan fingerprint density at radius 1 is 1.26 bits per heavy atom. The summed E-state index contributed by atoms with van der Waals surface area (Å²) in [5, 5.41) is 8.70.